The number of rotatable bonds is 4. The maximum absolute atomic E-state index is 11.9. The summed E-state index contributed by atoms with van der Waals surface area (Å²) in [4.78, 5) is 11.9. The average Bonchev–Trinajstić information content (AvgIpc) is 2.39. The van der Waals surface area contributed by atoms with Crippen LogP contribution >= 0.6 is 11.6 Å². The first-order chi connectivity index (χ1) is 8.74. The Bertz CT molecular complexity index is 569. The predicted molar refractivity (Wildman–Crippen MR) is 73.3 cm³/mol. The highest BCUT2D eigenvalue weighted by Gasteiger charge is 2.12. The van der Waals surface area contributed by atoms with Crippen LogP contribution in [0, 0.1) is 0 Å². The van der Waals surface area contributed by atoms with Crippen LogP contribution in [0.2, 0.25) is 0 Å². The van der Waals surface area contributed by atoms with Crippen molar-refractivity contribution in [1.29, 1.82) is 0 Å². The molecule has 0 spiro atoms. The quantitative estimate of drug-likeness (QED) is 0.658. The van der Waals surface area contributed by atoms with Gasteiger partial charge in [-0.3, -0.25) is 4.79 Å². The summed E-state index contributed by atoms with van der Waals surface area (Å²) in [6.07, 6.45) is 0.710. The van der Waals surface area contributed by atoms with E-state index in [2.05, 4.69) is 5.32 Å². The number of carbonyl (C=O) groups is 1. The molecule has 18 heavy (non-hydrogen) atoms. The predicted octanol–water partition coefficient (Wildman–Crippen LogP) is 2.90. The van der Waals surface area contributed by atoms with Gasteiger partial charge >= 0.3 is 0 Å². The molecule has 0 aliphatic carbocycles. The number of fused-ring (bicyclic) bond motifs is 1. The molecule has 0 unspecified atom stereocenters. The van der Waals surface area contributed by atoms with Crippen LogP contribution in [0.4, 0.5) is 0 Å². The van der Waals surface area contributed by atoms with E-state index in [0.717, 1.165) is 5.39 Å². The van der Waals surface area contributed by atoms with Gasteiger partial charge in [-0.1, -0.05) is 30.3 Å². The number of amides is 1. The van der Waals surface area contributed by atoms with Crippen molar-refractivity contribution >= 4 is 28.3 Å². The van der Waals surface area contributed by atoms with Gasteiger partial charge in [-0.2, -0.15) is 0 Å². The van der Waals surface area contributed by atoms with Crippen LogP contribution in [0.25, 0.3) is 10.8 Å². The molecule has 0 heterocycles. The Morgan fingerprint density at radius 1 is 1.22 bits per heavy atom. The van der Waals surface area contributed by atoms with Crippen molar-refractivity contribution in [2.24, 2.45) is 0 Å². The topological polar surface area (TPSA) is 49.3 Å². The monoisotopic (exact) mass is 263 g/mol. The van der Waals surface area contributed by atoms with Crippen molar-refractivity contribution in [3.8, 4) is 5.75 Å². The zero-order valence-electron chi connectivity index (χ0n) is 9.82. The minimum atomic E-state index is -0.275. The molecule has 0 radical (unpaired) electrons. The van der Waals surface area contributed by atoms with E-state index in [1.54, 1.807) is 12.1 Å². The standard InChI is InChI=1S/C14H14ClNO2/c15-8-3-9-16-14(18)12-7-6-10-4-1-2-5-11(10)13(12)17/h1-2,4-7,17H,3,8-9H2,(H,16,18). The number of hydrogen-bond donors (Lipinski definition) is 2. The van der Waals surface area contributed by atoms with E-state index >= 15 is 0 Å². The fourth-order valence-corrected chi connectivity index (χ4v) is 1.94. The Balaban J connectivity index is 2.28. The molecule has 2 rings (SSSR count). The van der Waals surface area contributed by atoms with Gasteiger partial charge in [0.25, 0.3) is 5.91 Å². The molecule has 2 N–H and O–H groups in total. The van der Waals surface area contributed by atoms with Crippen molar-refractivity contribution in [3.63, 3.8) is 0 Å². The molecule has 1 amide bonds. The molecular formula is C14H14ClNO2. The van der Waals surface area contributed by atoms with Gasteiger partial charge in [0.15, 0.2) is 0 Å². The first kappa shape index (κ1) is 12.7. The van der Waals surface area contributed by atoms with Crippen molar-refractivity contribution in [3.05, 3.63) is 42.0 Å². The number of halogens is 1. The lowest BCUT2D eigenvalue weighted by Gasteiger charge is -2.08. The smallest absolute Gasteiger partial charge is 0.255 e. The van der Waals surface area contributed by atoms with Gasteiger partial charge in [0.2, 0.25) is 0 Å². The Hall–Kier alpha value is -1.74. The minimum absolute atomic E-state index is 0.0245. The molecule has 0 saturated heterocycles. The van der Waals surface area contributed by atoms with E-state index in [1.165, 1.54) is 0 Å². The molecule has 2 aromatic carbocycles. The first-order valence-electron chi connectivity index (χ1n) is 5.79. The molecule has 0 aromatic heterocycles. The molecule has 4 heteroatoms. The maximum atomic E-state index is 11.9. The van der Waals surface area contributed by atoms with Crippen LogP contribution in [0.1, 0.15) is 16.8 Å². The second kappa shape index (κ2) is 5.74. The lowest BCUT2D eigenvalue weighted by atomic mass is 10.0. The molecule has 94 valence electrons. The Morgan fingerprint density at radius 3 is 2.78 bits per heavy atom. The van der Waals surface area contributed by atoms with E-state index in [4.69, 9.17) is 11.6 Å². The number of carbonyl (C=O) groups excluding carboxylic acids is 1. The molecule has 0 bridgehead atoms. The van der Waals surface area contributed by atoms with Crippen LogP contribution < -0.4 is 5.32 Å². The summed E-state index contributed by atoms with van der Waals surface area (Å²) in [6.45, 7) is 0.509. The number of phenolic OH excluding ortho intramolecular Hbond substituents is 1. The van der Waals surface area contributed by atoms with Crippen LogP contribution in [0.5, 0.6) is 5.75 Å². The molecular weight excluding hydrogens is 250 g/mol. The summed E-state index contributed by atoms with van der Waals surface area (Å²) in [6, 6.07) is 10.9. The Labute approximate surface area is 110 Å². The van der Waals surface area contributed by atoms with Gasteiger partial charge in [0.1, 0.15) is 5.75 Å². The van der Waals surface area contributed by atoms with Crippen LogP contribution in [0.15, 0.2) is 36.4 Å². The van der Waals surface area contributed by atoms with Gasteiger partial charge in [-0.15, -0.1) is 11.6 Å². The highest BCUT2D eigenvalue weighted by atomic mass is 35.5. The third-order valence-corrected chi connectivity index (χ3v) is 3.01. The van der Waals surface area contributed by atoms with Crippen molar-refractivity contribution in [2.75, 3.05) is 12.4 Å². The number of alkyl halides is 1. The van der Waals surface area contributed by atoms with Crippen molar-refractivity contribution < 1.29 is 9.90 Å². The zero-order valence-corrected chi connectivity index (χ0v) is 10.6. The van der Waals surface area contributed by atoms with E-state index in [1.807, 2.05) is 24.3 Å². The van der Waals surface area contributed by atoms with E-state index in [0.29, 0.717) is 29.8 Å². The van der Waals surface area contributed by atoms with E-state index in [9.17, 15) is 9.90 Å². The minimum Gasteiger partial charge on any atom is -0.506 e. The molecule has 0 atom stereocenters. The van der Waals surface area contributed by atoms with Gasteiger partial charge in [0.05, 0.1) is 5.56 Å². The summed E-state index contributed by atoms with van der Waals surface area (Å²) in [7, 11) is 0. The summed E-state index contributed by atoms with van der Waals surface area (Å²) < 4.78 is 0. The Kier molecular flexibility index (Phi) is 4.05. The lowest BCUT2D eigenvalue weighted by Crippen LogP contribution is -2.24. The SMILES string of the molecule is O=C(NCCCCl)c1ccc2ccccc2c1O. The zero-order chi connectivity index (χ0) is 13.0. The summed E-state index contributed by atoms with van der Waals surface area (Å²) in [5, 5.41) is 14.4. The summed E-state index contributed by atoms with van der Waals surface area (Å²) in [5.41, 5.74) is 0.295. The Morgan fingerprint density at radius 2 is 2.00 bits per heavy atom. The number of phenols is 1. The normalized spacial score (nSPS) is 10.5. The summed E-state index contributed by atoms with van der Waals surface area (Å²) in [5.74, 6) is 0.254. The van der Waals surface area contributed by atoms with E-state index < -0.39 is 0 Å². The van der Waals surface area contributed by atoms with E-state index in [-0.39, 0.29) is 11.7 Å². The maximum Gasteiger partial charge on any atom is 0.255 e. The third-order valence-electron chi connectivity index (χ3n) is 2.74. The number of hydrogen-bond acceptors (Lipinski definition) is 2. The molecule has 0 fully saturated rings. The summed E-state index contributed by atoms with van der Waals surface area (Å²) >= 11 is 5.54. The molecule has 0 saturated carbocycles. The fourth-order valence-electron chi connectivity index (χ4n) is 1.80. The number of nitrogens with one attached hydrogen (secondary N) is 1. The van der Waals surface area contributed by atoms with Crippen molar-refractivity contribution in [2.45, 2.75) is 6.42 Å². The lowest BCUT2D eigenvalue weighted by molar-refractivity contribution is 0.0951. The largest absolute Gasteiger partial charge is 0.506 e. The first-order valence-corrected chi connectivity index (χ1v) is 6.32. The average molecular weight is 264 g/mol. The van der Waals surface area contributed by atoms with Gasteiger partial charge < -0.3 is 10.4 Å². The molecule has 0 aliphatic heterocycles. The second-order valence-corrected chi connectivity index (χ2v) is 4.36. The van der Waals surface area contributed by atoms with Gasteiger partial charge in [0, 0.05) is 17.8 Å². The van der Waals surface area contributed by atoms with Crippen LogP contribution in [0.3, 0.4) is 0 Å². The number of benzene rings is 2. The second-order valence-electron chi connectivity index (χ2n) is 3.98. The van der Waals surface area contributed by atoms with Crippen LogP contribution in [-0.2, 0) is 0 Å². The highest BCUT2D eigenvalue weighted by Crippen LogP contribution is 2.28. The van der Waals surface area contributed by atoms with Crippen LogP contribution in [-0.4, -0.2) is 23.4 Å². The highest BCUT2D eigenvalue weighted by molar-refractivity contribution is 6.17. The van der Waals surface area contributed by atoms with Gasteiger partial charge in [-0.05, 0) is 17.9 Å². The molecule has 3 nitrogen and oxygen atoms in total. The van der Waals surface area contributed by atoms with Crippen molar-refractivity contribution in [1.82, 2.24) is 5.32 Å². The fraction of sp³-hybridized carbons (Fsp3) is 0.214. The number of aromatic hydroxyl groups is 1. The molecule has 0 aliphatic rings. The third kappa shape index (κ3) is 2.57. The van der Waals surface area contributed by atoms with Gasteiger partial charge in [-0.25, -0.2) is 0 Å². The molecule has 2 aromatic rings.